The number of likely N-dealkylation sites (N-methyl/N-ethyl adjacent to an activating group) is 1. The van der Waals surface area contributed by atoms with Crippen molar-refractivity contribution in [1.82, 2.24) is 15.2 Å². The van der Waals surface area contributed by atoms with Crippen molar-refractivity contribution in [2.24, 2.45) is 10.9 Å². The Bertz CT molecular complexity index is 633. The van der Waals surface area contributed by atoms with Crippen molar-refractivity contribution in [3.05, 3.63) is 36.0 Å². The third-order valence-electron chi connectivity index (χ3n) is 4.22. The van der Waals surface area contributed by atoms with Gasteiger partial charge in [-0.15, -0.1) is 24.0 Å². The highest BCUT2D eigenvalue weighted by molar-refractivity contribution is 14.0. The molecule has 1 saturated carbocycles. The van der Waals surface area contributed by atoms with E-state index in [2.05, 4.69) is 44.5 Å². The van der Waals surface area contributed by atoms with E-state index < -0.39 is 0 Å². The van der Waals surface area contributed by atoms with Crippen molar-refractivity contribution >= 4 is 40.8 Å². The summed E-state index contributed by atoms with van der Waals surface area (Å²) in [6, 6.07) is 10.5. The molecule has 0 saturated heterocycles. The lowest BCUT2D eigenvalue weighted by Crippen LogP contribution is -2.40. The average Bonchev–Trinajstić information content (AvgIpc) is 3.29. The lowest BCUT2D eigenvalue weighted by molar-refractivity contribution is 0.115. The van der Waals surface area contributed by atoms with Crippen LogP contribution in [-0.2, 0) is 11.3 Å². The van der Waals surface area contributed by atoms with Gasteiger partial charge in [0.1, 0.15) is 0 Å². The third-order valence-corrected chi connectivity index (χ3v) is 4.22. The molecule has 6 heteroatoms. The van der Waals surface area contributed by atoms with E-state index in [0.29, 0.717) is 0 Å². The van der Waals surface area contributed by atoms with Gasteiger partial charge >= 0.3 is 0 Å². The quantitative estimate of drug-likeness (QED) is 0.300. The maximum Gasteiger partial charge on any atom is 0.193 e. The van der Waals surface area contributed by atoms with Crippen molar-refractivity contribution < 1.29 is 4.74 Å². The summed E-state index contributed by atoms with van der Waals surface area (Å²) in [5, 5.41) is 4.63. The van der Waals surface area contributed by atoms with Crippen molar-refractivity contribution in [3.63, 3.8) is 0 Å². The van der Waals surface area contributed by atoms with Gasteiger partial charge in [-0.1, -0.05) is 18.2 Å². The Labute approximate surface area is 160 Å². The van der Waals surface area contributed by atoms with Gasteiger partial charge in [0.2, 0.25) is 0 Å². The molecule has 1 aromatic heterocycles. The minimum atomic E-state index is 0. The number of hydrogen-bond acceptors (Lipinski definition) is 2. The van der Waals surface area contributed by atoms with E-state index in [4.69, 9.17) is 4.74 Å². The fourth-order valence-electron chi connectivity index (χ4n) is 2.63. The molecule has 0 bridgehead atoms. The summed E-state index contributed by atoms with van der Waals surface area (Å²) in [4.78, 5) is 9.88. The van der Waals surface area contributed by atoms with E-state index in [1.54, 1.807) is 0 Å². The molecule has 1 heterocycles. The van der Waals surface area contributed by atoms with Crippen LogP contribution in [0.5, 0.6) is 0 Å². The van der Waals surface area contributed by atoms with E-state index >= 15 is 0 Å². The predicted octanol–water partition coefficient (Wildman–Crippen LogP) is 3.22. The Morgan fingerprint density at radius 3 is 2.88 bits per heavy atom. The van der Waals surface area contributed by atoms with Gasteiger partial charge in [-0.2, -0.15) is 0 Å². The first-order valence-electron chi connectivity index (χ1n) is 8.32. The number of benzene rings is 1. The monoisotopic (exact) mass is 442 g/mol. The SMILES string of the molecule is CN=C(NCc1cc2ccccc2[nH]1)N(C)CCOCC1CC1.I. The van der Waals surface area contributed by atoms with Gasteiger partial charge in [0.25, 0.3) is 0 Å². The summed E-state index contributed by atoms with van der Waals surface area (Å²) in [6.45, 7) is 3.24. The number of guanidine groups is 1. The number of rotatable bonds is 7. The molecule has 2 N–H and O–H groups in total. The third kappa shape index (κ3) is 5.37. The summed E-state index contributed by atoms with van der Waals surface area (Å²) in [5.41, 5.74) is 2.33. The normalized spacial score (nSPS) is 14.5. The highest BCUT2D eigenvalue weighted by Crippen LogP contribution is 2.28. The Morgan fingerprint density at radius 1 is 1.38 bits per heavy atom. The molecule has 0 unspecified atom stereocenters. The number of aromatic nitrogens is 1. The Kier molecular flexibility index (Phi) is 7.36. The van der Waals surface area contributed by atoms with Crippen LogP contribution in [0.1, 0.15) is 18.5 Å². The van der Waals surface area contributed by atoms with E-state index in [0.717, 1.165) is 43.9 Å². The van der Waals surface area contributed by atoms with Crippen LogP contribution in [0.2, 0.25) is 0 Å². The Hall–Kier alpha value is -1.28. The van der Waals surface area contributed by atoms with E-state index in [1.807, 2.05) is 20.2 Å². The van der Waals surface area contributed by atoms with Gasteiger partial charge in [0.05, 0.1) is 13.2 Å². The second-order valence-electron chi connectivity index (χ2n) is 6.22. The van der Waals surface area contributed by atoms with Crippen LogP contribution in [0.15, 0.2) is 35.3 Å². The van der Waals surface area contributed by atoms with Crippen molar-refractivity contribution in [1.29, 1.82) is 0 Å². The lowest BCUT2D eigenvalue weighted by Gasteiger charge is -2.21. The molecule has 0 atom stereocenters. The van der Waals surface area contributed by atoms with Gasteiger partial charge in [0.15, 0.2) is 5.96 Å². The number of nitrogens with one attached hydrogen (secondary N) is 2. The molecule has 0 aliphatic heterocycles. The zero-order valence-electron chi connectivity index (χ0n) is 14.4. The van der Waals surface area contributed by atoms with Crippen molar-refractivity contribution in [2.45, 2.75) is 19.4 Å². The fourth-order valence-corrected chi connectivity index (χ4v) is 2.63. The summed E-state index contributed by atoms with van der Waals surface area (Å²) in [7, 11) is 3.86. The zero-order valence-corrected chi connectivity index (χ0v) is 16.7. The fraction of sp³-hybridized carbons (Fsp3) is 0.500. The van der Waals surface area contributed by atoms with Crippen molar-refractivity contribution in [2.75, 3.05) is 33.9 Å². The first-order chi connectivity index (χ1) is 11.3. The largest absolute Gasteiger partial charge is 0.379 e. The number of ether oxygens (including phenoxy) is 1. The molecule has 1 aromatic carbocycles. The Morgan fingerprint density at radius 2 is 2.17 bits per heavy atom. The number of fused-ring (bicyclic) bond motifs is 1. The van der Waals surface area contributed by atoms with Crippen LogP contribution < -0.4 is 5.32 Å². The number of nitrogens with zero attached hydrogens (tertiary/aromatic N) is 2. The second kappa shape index (κ2) is 9.27. The molecule has 1 aliphatic carbocycles. The lowest BCUT2D eigenvalue weighted by atomic mass is 10.2. The molecular formula is C18H27IN4O. The van der Waals surface area contributed by atoms with E-state index in [9.17, 15) is 0 Å². The number of halogens is 1. The molecule has 1 aliphatic rings. The number of H-pyrrole nitrogens is 1. The summed E-state index contributed by atoms with van der Waals surface area (Å²) < 4.78 is 5.69. The van der Waals surface area contributed by atoms with E-state index in [-0.39, 0.29) is 24.0 Å². The minimum absolute atomic E-state index is 0. The molecule has 132 valence electrons. The molecule has 1 fully saturated rings. The smallest absolute Gasteiger partial charge is 0.193 e. The molecule has 3 rings (SSSR count). The summed E-state index contributed by atoms with van der Waals surface area (Å²) in [6.07, 6.45) is 2.67. The first-order valence-corrected chi connectivity index (χ1v) is 8.32. The van der Waals surface area contributed by atoms with Crippen LogP contribution in [0.4, 0.5) is 0 Å². The predicted molar refractivity (Wildman–Crippen MR) is 110 cm³/mol. The first kappa shape index (κ1) is 19.1. The van der Waals surface area contributed by atoms with Gasteiger partial charge in [-0.05, 0) is 36.3 Å². The molecule has 5 nitrogen and oxygen atoms in total. The number of para-hydroxylation sites is 1. The van der Waals surface area contributed by atoms with Crippen LogP contribution in [0, 0.1) is 5.92 Å². The second-order valence-corrected chi connectivity index (χ2v) is 6.22. The van der Waals surface area contributed by atoms with Crippen molar-refractivity contribution in [3.8, 4) is 0 Å². The Balaban J connectivity index is 0.00000208. The molecule has 0 amide bonds. The molecule has 0 spiro atoms. The molecule has 24 heavy (non-hydrogen) atoms. The standard InChI is InChI=1S/C18H26N4O.HI/c1-19-18(22(2)9-10-23-13-14-7-8-14)20-12-16-11-15-5-3-4-6-17(15)21-16;/h3-6,11,14,21H,7-10,12-13H2,1-2H3,(H,19,20);1H. The maximum atomic E-state index is 5.69. The zero-order chi connectivity index (χ0) is 16.1. The minimum Gasteiger partial charge on any atom is -0.379 e. The van der Waals surface area contributed by atoms with Crippen LogP contribution in [0.25, 0.3) is 10.9 Å². The average molecular weight is 442 g/mol. The molecule has 2 aromatic rings. The maximum absolute atomic E-state index is 5.69. The number of aromatic amines is 1. The highest BCUT2D eigenvalue weighted by atomic mass is 127. The summed E-state index contributed by atoms with van der Waals surface area (Å²) >= 11 is 0. The van der Waals surface area contributed by atoms with Gasteiger partial charge in [-0.25, -0.2) is 0 Å². The van der Waals surface area contributed by atoms with Gasteiger partial charge < -0.3 is 19.9 Å². The molecule has 0 radical (unpaired) electrons. The van der Waals surface area contributed by atoms with Crippen LogP contribution in [0.3, 0.4) is 0 Å². The highest BCUT2D eigenvalue weighted by Gasteiger charge is 2.21. The number of aliphatic imine (C=N–C) groups is 1. The molecular weight excluding hydrogens is 415 g/mol. The summed E-state index contributed by atoms with van der Waals surface area (Å²) in [5.74, 6) is 1.71. The number of hydrogen-bond donors (Lipinski definition) is 2. The van der Waals surface area contributed by atoms with E-state index in [1.165, 1.54) is 23.7 Å². The van der Waals surface area contributed by atoms with Crippen LogP contribution in [-0.4, -0.2) is 49.7 Å². The van der Waals surface area contributed by atoms with Crippen LogP contribution >= 0.6 is 24.0 Å². The topological polar surface area (TPSA) is 52.7 Å². The van der Waals surface area contributed by atoms with Gasteiger partial charge in [0, 0.05) is 38.5 Å². The van der Waals surface area contributed by atoms with Gasteiger partial charge in [-0.3, -0.25) is 4.99 Å².